The SMILES string of the molecule is Cc1ccc2c(c1)C(N)CCCS2. The number of thioether (sulfide) groups is 1. The molecule has 0 bridgehead atoms. The molecule has 0 aliphatic carbocycles. The van der Waals surface area contributed by atoms with Crippen LogP contribution in [0.5, 0.6) is 0 Å². The van der Waals surface area contributed by atoms with Crippen LogP contribution in [0.3, 0.4) is 0 Å². The molecule has 0 saturated heterocycles. The van der Waals surface area contributed by atoms with E-state index in [1.165, 1.54) is 28.2 Å². The summed E-state index contributed by atoms with van der Waals surface area (Å²) >= 11 is 1.94. The van der Waals surface area contributed by atoms with Crippen molar-refractivity contribution in [3.8, 4) is 0 Å². The van der Waals surface area contributed by atoms with E-state index in [1.807, 2.05) is 11.8 Å². The van der Waals surface area contributed by atoms with Gasteiger partial charge in [-0.15, -0.1) is 11.8 Å². The molecule has 2 N–H and O–H groups in total. The predicted octanol–water partition coefficient (Wildman–Crippen LogP) is 2.88. The first-order valence-corrected chi connectivity index (χ1v) is 5.75. The Morgan fingerprint density at radius 3 is 3.15 bits per heavy atom. The number of fused-ring (bicyclic) bond motifs is 1. The maximum Gasteiger partial charge on any atom is 0.0306 e. The molecule has 1 aromatic rings. The fraction of sp³-hybridized carbons (Fsp3) is 0.455. The molecular formula is C11H15NS. The summed E-state index contributed by atoms with van der Waals surface area (Å²) in [5, 5.41) is 0. The summed E-state index contributed by atoms with van der Waals surface area (Å²) in [5.74, 6) is 1.21. The highest BCUT2D eigenvalue weighted by Crippen LogP contribution is 2.33. The summed E-state index contributed by atoms with van der Waals surface area (Å²) in [5.41, 5.74) is 8.77. The number of rotatable bonds is 0. The smallest absolute Gasteiger partial charge is 0.0306 e. The molecule has 1 aliphatic rings. The molecular weight excluding hydrogens is 178 g/mol. The van der Waals surface area contributed by atoms with Crippen molar-refractivity contribution in [3.05, 3.63) is 29.3 Å². The quantitative estimate of drug-likeness (QED) is 0.685. The molecule has 2 rings (SSSR count). The van der Waals surface area contributed by atoms with Crippen LogP contribution in [0.2, 0.25) is 0 Å². The third-order valence-electron chi connectivity index (χ3n) is 2.48. The van der Waals surface area contributed by atoms with E-state index < -0.39 is 0 Å². The largest absolute Gasteiger partial charge is 0.324 e. The minimum absolute atomic E-state index is 0.255. The molecule has 70 valence electrons. The zero-order valence-electron chi connectivity index (χ0n) is 7.92. The average Bonchev–Trinajstić information content (AvgIpc) is 2.29. The van der Waals surface area contributed by atoms with Gasteiger partial charge in [0.15, 0.2) is 0 Å². The molecule has 1 aliphatic heterocycles. The summed E-state index contributed by atoms with van der Waals surface area (Å²) in [4.78, 5) is 1.38. The summed E-state index contributed by atoms with van der Waals surface area (Å²) in [7, 11) is 0. The van der Waals surface area contributed by atoms with Crippen LogP contribution in [0.25, 0.3) is 0 Å². The van der Waals surface area contributed by atoms with Gasteiger partial charge in [-0.05, 0) is 37.1 Å². The standard InChI is InChI=1S/C11H15NS/c1-8-4-5-11-9(7-8)10(12)3-2-6-13-11/h4-5,7,10H,2-3,6,12H2,1H3. The van der Waals surface area contributed by atoms with E-state index in [0.29, 0.717) is 0 Å². The van der Waals surface area contributed by atoms with Crippen LogP contribution in [0, 0.1) is 6.92 Å². The molecule has 0 fully saturated rings. The Bertz CT molecular complexity index is 309. The topological polar surface area (TPSA) is 26.0 Å². The van der Waals surface area contributed by atoms with E-state index in [-0.39, 0.29) is 6.04 Å². The molecule has 2 heteroatoms. The molecule has 0 aromatic heterocycles. The number of hydrogen-bond acceptors (Lipinski definition) is 2. The highest BCUT2D eigenvalue weighted by molar-refractivity contribution is 7.99. The molecule has 13 heavy (non-hydrogen) atoms. The Morgan fingerprint density at radius 1 is 1.46 bits per heavy atom. The molecule has 1 aromatic carbocycles. The van der Waals surface area contributed by atoms with Crippen molar-refractivity contribution in [2.24, 2.45) is 5.73 Å². The van der Waals surface area contributed by atoms with E-state index in [9.17, 15) is 0 Å². The lowest BCUT2D eigenvalue weighted by Crippen LogP contribution is -2.09. The van der Waals surface area contributed by atoms with Crippen LogP contribution in [0.15, 0.2) is 23.1 Å². The summed E-state index contributed by atoms with van der Waals surface area (Å²) in [6, 6.07) is 6.87. The Balaban J connectivity index is 2.43. The van der Waals surface area contributed by atoms with Crippen molar-refractivity contribution in [1.29, 1.82) is 0 Å². The van der Waals surface area contributed by atoms with Gasteiger partial charge in [0, 0.05) is 10.9 Å². The number of hydrogen-bond donors (Lipinski definition) is 1. The van der Waals surface area contributed by atoms with Gasteiger partial charge >= 0.3 is 0 Å². The highest BCUT2D eigenvalue weighted by atomic mass is 32.2. The van der Waals surface area contributed by atoms with Gasteiger partial charge < -0.3 is 5.73 Å². The highest BCUT2D eigenvalue weighted by Gasteiger charge is 2.14. The summed E-state index contributed by atoms with van der Waals surface area (Å²) < 4.78 is 0. The van der Waals surface area contributed by atoms with Gasteiger partial charge in [0.2, 0.25) is 0 Å². The molecule has 1 nitrogen and oxygen atoms in total. The van der Waals surface area contributed by atoms with Gasteiger partial charge in [-0.2, -0.15) is 0 Å². The van der Waals surface area contributed by atoms with E-state index >= 15 is 0 Å². The lowest BCUT2D eigenvalue weighted by molar-refractivity contribution is 0.639. The lowest BCUT2D eigenvalue weighted by atomic mass is 10.0. The summed E-state index contributed by atoms with van der Waals surface area (Å²) in [6.45, 7) is 2.13. The van der Waals surface area contributed by atoms with Crippen LogP contribution in [0.1, 0.15) is 30.0 Å². The third-order valence-corrected chi connectivity index (χ3v) is 3.66. The van der Waals surface area contributed by atoms with Crippen molar-refractivity contribution < 1.29 is 0 Å². The molecule has 0 amide bonds. The molecule has 1 atom stereocenters. The first-order chi connectivity index (χ1) is 6.27. The van der Waals surface area contributed by atoms with Crippen molar-refractivity contribution in [1.82, 2.24) is 0 Å². The van der Waals surface area contributed by atoms with Crippen molar-refractivity contribution in [2.75, 3.05) is 5.75 Å². The zero-order valence-corrected chi connectivity index (χ0v) is 8.73. The van der Waals surface area contributed by atoms with E-state index in [1.54, 1.807) is 0 Å². The number of aryl methyl sites for hydroxylation is 1. The van der Waals surface area contributed by atoms with Crippen LogP contribution >= 0.6 is 11.8 Å². The Morgan fingerprint density at radius 2 is 2.31 bits per heavy atom. The van der Waals surface area contributed by atoms with Crippen LogP contribution in [-0.4, -0.2) is 5.75 Å². The van der Waals surface area contributed by atoms with Crippen LogP contribution in [0.4, 0.5) is 0 Å². The Hall–Kier alpha value is -0.470. The van der Waals surface area contributed by atoms with Crippen molar-refractivity contribution >= 4 is 11.8 Å². The third kappa shape index (κ3) is 1.89. The first kappa shape index (κ1) is 9.10. The van der Waals surface area contributed by atoms with E-state index in [2.05, 4.69) is 25.1 Å². The molecule has 0 saturated carbocycles. The number of benzene rings is 1. The average molecular weight is 193 g/mol. The van der Waals surface area contributed by atoms with E-state index in [0.717, 1.165) is 6.42 Å². The normalized spacial score (nSPS) is 22.2. The van der Waals surface area contributed by atoms with Gasteiger partial charge in [0.1, 0.15) is 0 Å². The molecule has 1 unspecified atom stereocenters. The van der Waals surface area contributed by atoms with Crippen molar-refractivity contribution in [2.45, 2.75) is 30.7 Å². The lowest BCUT2D eigenvalue weighted by Gasteiger charge is -2.12. The fourth-order valence-corrected chi connectivity index (χ4v) is 2.80. The van der Waals surface area contributed by atoms with Gasteiger partial charge in [0.25, 0.3) is 0 Å². The Kier molecular flexibility index (Phi) is 2.61. The molecule has 0 spiro atoms. The second kappa shape index (κ2) is 3.72. The minimum atomic E-state index is 0.255. The zero-order chi connectivity index (χ0) is 9.26. The predicted molar refractivity (Wildman–Crippen MR) is 58.1 cm³/mol. The molecule has 1 heterocycles. The maximum absolute atomic E-state index is 6.10. The number of nitrogens with two attached hydrogens (primary N) is 1. The van der Waals surface area contributed by atoms with Gasteiger partial charge in [-0.3, -0.25) is 0 Å². The van der Waals surface area contributed by atoms with Gasteiger partial charge in [-0.25, -0.2) is 0 Å². The second-order valence-electron chi connectivity index (χ2n) is 3.64. The molecule has 0 radical (unpaired) electrons. The van der Waals surface area contributed by atoms with Gasteiger partial charge in [-0.1, -0.05) is 17.7 Å². The monoisotopic (exact) mass is 193 g/mol. The minimum Gasteiger partial charge on any atom is -0.324 e. The van der Waals surface area contributed by atoms with Crippen LogP contribution < -0.4 is 5.73 Å². The summed E-state index contributed by atoms with van der Waals surface area (Å²) in [6.07, 6.45) is 2.36. The second-order valence-corrected chi connectivity index (χ2v) is 4.78. The van der Waals surface area contributed by atoms with Crippen molar-refractivity contribution in [3.63, 3.8) is 0 Å². The Labute approximate surface area is 83.7 Å². The maximum atomic E-state index is 6.10. The fourth-order valence-electron chi connectivity index (χ4n) is 1.73. The van der Waals surface area contributed by atoms with E-state index in [4.69, 9.17) is 5.73 Å². The first-order valence-electron chi connectivity index (χ1n) is 4.76. The van der Waals surface area contributed by atoms with Gasteiger partial charge in [0.05, 0.1) is 0 Å². The van der Waals surface area contributed by atoms with Crippen LogP contribution in [-0.2, 0) is 0 Å².